The summed E-state index contributed by atoms with van der Waals surface area (Å²) in [6.07, 6.45) is -2.01. The second-order valence-electron chi connectivity index (χ2n) is 9.03. The minimum Gasteiger partial charge on any atom is -0.449 e. The number of likely N-dealkylation sites (tertiary alicyclic amines) is 1. The number of hydrogen-bond acceptors (Lipinski definition) is 5. The van der Waals surface area contributed by atoms with E-state index in [1.807, 2.05) is 24.3 Å². The Morgan fingerprint density at radius 1 is 1.03 bits per heavy atom. The second kappa shape index (κ2) is 8.23. The number of nitrogens with zero attached hydrogens (tertiary/aromatic N) is 1. The van der Waals surface area contributed by atoms with Crippen LogP contribution in [0.2, 0.25) is 0 Å². The Morgan fingerprint density at radius 2 is 1.61 bits per heavy atom. The Labute approximate surface area is 182 Å². The molecule has 0 saturated carbocycles. The van der Waals surface area contributed by atoms with E-state index in [1.54, 1.807) is 20.8 Å². The largest absolute Gasteiger partial charge is 0.449 e. The first-order chi connectivity index (χ1) is 14.7. The third-order valence-electron chi connectivity index (χ3n) is 5.59. The summed E-state index contributed by atoms with van der Waals surface area (Å²) in [7, 11) is 0. The lowest BCUT2D eigenvalue weighted by molar-refractivity contribution is 0.0269. The van der Waals surface area contributed by atoms with Gasteiger partial charge in [-0.15, -0.1) is 0 Å². The number of ether oxygens (including phenoxy) is 2. The zero-order chi connectivity index (χ0) is 22.2. The first kappa shape index (κ1) is 21.2. The van der Waals surface area contributed by atoms with Gasteiger partial charge in [0.25, 0.3) is 0 Å². The number of benzene rings is 2. The molecule has 1 heterocycles. The zero-order valence-corrected chi connectivity index (χ0v) is 18.0. The number of carbonyl (C=O) groups is 2. The molecule has 7 heteroatoms. The number of β-amino-alcohol motifs (C(OH)–C–C–N with tert-alkyl or cyclic N) is 1. The Bertz CT molecular complexity index is 938. The topological polar surface area (TPSA) is 88.1 Å². The van der Waals surface area contributed by atoms with E-state index >= 15 is 0 Å². The molecule has 2 atom stereocenters. The van der Waals surface area contributed by atoms with Gasteiger partial charge in [-0.2, -0.15) is 0 Å². The van der Waals surface area contributed by atoms with Gasteiger partial charge in [-0.1, -0.05) is 48.5 Å². The van der Waals surface area contributed by atoms with Gasteiger partial charge in [0.15, 0.2) is 0 Å². The van der Waals surface area contributed by atoms with Crippen LogP contribution in [-0.4, -0.2) is 59.6 Å². The highest BCUT2D eigenvalue weighted by atomic mass is 16.6. The van der Waals surface area contributed by atoms with Crippen molar-refractivity contribution in [1.29, 1.82) is 0 Å². The van der Waals surface area contributed by atoms with Crippen LogP contribution < -0.4 is 5.32 Å². The van der Waals surface area contributed by atoms with Gasteiger partial charge in [0, 0.05) is 12.5 Å². The first-order valence-electron chi connectivity index (χ1n) is 10.5. The molecular weight excluding hydrogens is 396 g/mol. The maximum absolute atomic E-state index is 12.5. The molecule has 7 nitrogen and oxygen atoms in total. The molecule has 4 rings (SSSR count). The molecule has 2 aliphatic rings. The van der Waals surface area contributed by atoms with Crippen LogP contribution in [-0.2, 0) is 9.47 Å². The molecule has 2 aromatic rings. The molecule has 0 bridgehead atoms. The van der Waals surface area contributed by atoms with E-state index in [0.717, 1.165) is 22.3 Å². The average Bonchev–Trinajstić information content (AvgIpc) is 3.23. The van der Waals surface area contributed by atoms with Crippen LogP contribution in [0.5, 0.6) is 0 Å². The molecular formula is C24H28N2O5. The van der Waals surface area contributed by atoms with Crippen LogP contribution >= 0.6 is 0 Å². The van der Waals surface area contributed by atoms with Crippen molar-refractivity contribution < 1.29 is 24.2 Å². The van der Waals surface area contributed by atoms with Gasteiger partial charge < -0.3 is 24.8 Å². The molecule has 31 heavy (non-hydrogen) atoms. The van der Waals surface area contributed by atoms with Crippen molar-refractivity contribution in [1.82, 2.24) is 10.2 Å². The van der Waals surface area contributed by atoms with Crippen LogP contribution in [0.4, 0.5) is 9.59 Å². The molecule has 0 aromatic heterocycles. The van der Waals surface area contributed by atoms with E-state index in [-0.39, 0.29) is 25.6 Å². The van der Waals surface area contributed by atoms with Gasteiger partial charge in [0.2, 0.25) is 0 Å². The van der Waals surface area contributed by atoms with Gasteiger partial charge in [0.1, 0.15) is 12.2 Å². The van der Waals surface area contributed by atoms with Gasteiger partial charge in [-0.25, -0.2) is 9.59 Å². The summed E-state index contributed by atoms with van der Waals surface area (Å²) in [6.45, 7) is 5.80. The van der Waals surface area contributed by atoms with Crippen LogP contribution in [0.15, 0.2) is 48.5 Å². The standard InChI is InChI=1S/C24H28N2O5/c1-24(2,3)31-23(29)26-12-20(21(27)13-26)25-22(28)30-14-19-17-10-6-4-8-15(17)16-9-5-7-11-18(16)19/h4-11,19-21,27H,12-14H2,1-3H3,(H,25,28)/t20-,21+/m0/s1. The van der Waals surface area contributed by atoms with Gasteiger partial charge in [-0.3, -0.25) is 0 Å². The summed E-state index contributed by atoms with van der Waals surface area (Å²) in [5.41, 5.74) is 3.96. The van der Waals surface area contributed by atoms with Crippen molar-refractivity contribution in [3.63, 3.8) is 0 Å². The van der Waals surface area contributed by atoms with E-state index in [9.17, 15) is 14.7 Å². The SMILES string of the molecule is CC(C)(C)OC(=O)N1C[C@@H](O)[C@@H](NC(=O)OCC2c3ccccc3-c3ccccc32)C1. The van der Waals surface area contributed by atoms with Gasteiger partial charge in [0.05, 0.1) is 18.7 Å². The van der Waals surface area contributed by atoms with Crippen LogP contribution in [0.1, 0.15) is 37.8 Å². The number of fused-ring (bicyclic) bond motifs is 3. The van der Waals surface area contributed by atoms with Crippen molar-refractivity contribution >= 4 is 12.2 Å². The average molecular weight is 424 g/mol. The number of alkyl carbamates (subject to hydrolysis) is 1. The Hall–Kier alpha value is -3.06. The quantitative estimate of drug-likeness (QED) is 0.787. The second-order valence-corrected chi connectivity index (χ2v) is 9.03. The number of amides is 2. The lowest BCUT2D eigenvalue weighted by Gasteiger charge is -2.24. The smallest absolute Gasteiger partial charge is 0.410 e. The molecule has 1 saturated heterocycles. The third-order valence-corrected chi connectivity index (χ3v) is 5.59. The highest BCUT2D eigenvalue weighted by Crippen LogP contribution is 2.44. The van der Waals surface area contributed by atoms with Crippen molar-refractivity contribution in [2.45, 2.75) is 44.4 Å². The van der Waals surface area contributed by atoms with Crippen LogP contribution in [0.25, 0.3) is 11.1 Å². The summed E-state index contributed by atoms with van der Waals surface area (Å²) in [5, 5.41) is 13.0. The highest BCUT2D eigenvalue weighted by molar-refractivity contribution is 5.79. The highest BCUT2D eigenvalue weighted by Gasteiger charge is 2.37. The van der Waals surface area contributed by atoms with E-state index < -0.39 is 29.9 Å². The van der Waals surface area contributed by atoms with Crippen molar-refractivity contribution in [3.05, 3.63) is 59.7 Å². The summed E-state index contributed by atoms with van der Waals surface area (Å²) in [6, 6.07) is 15.6. The van der Waals surface area contributed by atoms with E-state index in [1.165, 1.54) is 4.90 Å². The molecule has 0 unspecified atom stereocenters. The predicted octanol–water partition coefficient (Wildman–Crippen LogP) is 3.51. The maximum Gasteiger partial charge on any atom is 0.410 e. The maximum atomic E-state index is 12.5. The molecule has 1 aliphatic carbocycles. The number of rotatable bonds is 3. The summed E-state index contributed by atoms with van der Waals surface area (Å²) in [4.78, 5) is 26.1. The van der Waals surface area contributed by atoms with E-state index in [4.69, 9.17) is 9.47 Å². The molecule has 1 aliphatic heterocycles. The van der Waals surface area contributed by atoms with E-state index in [0.29, 0.717) is 0 Å². The molecule has 2 amide bonds. The Morgan fingerprint density at radius 3 is 2.19 bits per heavy atom. The summed E-state index contributed by atoms with van der Waals surface area (Å²) in [5.74, 6) is -0.0371. The predicted molar refractivity (Wildman–Crippen MR) is 116 cm³/mol. The Kier molecular flexibility index (Phi) is 5.62. The lowest BCUT2D eigenvalue weighted by Crippen LogP contribution is -2.43. The van der Waals surface area contributed by atoms with E-state index in [2.05, 4.69) is 29.6 Å². The van der Waals surface area contributed by atoms with Gasteiger partial charge in [-0.05, 0) is 43.0 Å². The molecule has 1 fully saturated rings. The fourth-order valence-electron chi connectivity index (χ4n) is 4.20. The van der Waals surface area contributed by atoms with Crippen molar-refractivity contribution in [2.24, 2.45) is 0 Å². The lowest BCUT2D eigenvalue weighted by atomic mass is 9.98. The minimum atomic E-state index is -0.881. The summed E-state index contributed by atoms with van der Waals surface area (Å²) >= 11 is 0. The molecule has 2 N–H and O–H groups in total. The molecule has 164 valence electrons. The van der Waals surface area contributed by atoms with Crippen LogP contribution in [0.3, 0.4) is 0 Å². The normalized spacial score (nSPS) is 20.2. The fourth-order valence-corrected chi connectivity index (χ4v) is 4.20. The fraction of sp³-hybridized carbons (Fsp3) is 0.417. The number of aliphatic hydroxyl groups excluding tert-OH is 1. The molecule has 0 spiro atoms. The number of nitrogens with one attached hydrogen (secondary N) is 1. The first-order valence-corrected chi connectivity index (χ1v) is 10.5. The van der Waals surface area contributed by atoms with Crippen molar-refractivity contribution in [2.75, 3.05) is 19.7 Å². The monoisotopic (exact) mass is 424 g/mol. The molecule has 0 radical (unpaired) electrons. The van der Waals surface area contributed by atoms with Crippen molar-refractivity contribution in [3.8, 4) is 11.1 Å². The van der Waals surface area contributed by atoms with Gasteiger partial charge >= 0.3 is 12.2 Å². The molecule has 2 aromatic carbocycles. The summed E-state index contributed by atoms with van der Waals surface area (Å²) < 4.78 is 10.9. The number of carbonyl (C=O) groups excluding carboxylic acids is 2. The third kappa shape index (κ3) is 4.51. The van der Waals surface area contributed by atoms with Crippen LogP contribution in [0, 0.1) is 0 Å². The number of aliphatic hydroxyl groups is 1. The minimum absolute atomic E-state index is 0.0371. The Balaban J connectivity index is 1.36. The number of hydrogen-bond donors (Lipinski definition) is 2. The zero-order valence-electron chi connectivity index (χ0n) is 18.0.